The second-order valence-corrected chi connectivity index (χ2v) is 9.32. The van der Waals surface area contributed by atoms with Gasteiger partial charge >= 0.3 is 5.97 Å². The molecule has 1 heterocycles. The van der Waals surface area contributed by atoms with Gasteiger partial charge in [-0.1, -0.05) is 19.9 Å². The van der Waals surface area contributed by atoms with E-state index in [9.17, 15) is 19.4 Å². The summed E-state index contributed by atoms with van der Waals surface area (Å²) in [6.07, 6.45) is 1.89. The smallest absolute Gasteiger partial charge is 0.304 e. The van der Waals surface area contributed by atoms with Crippen molar-refractivity contribution >= 4 is 23.0 Å². The molecule has 2 aromatic carbocycles. The molecular formula is C24H31FN2O3. The summed E-state index contributed by atoms with van der Waals surface area (Å²) in [7, 11) is 0. The summed E-state index contributed by atoms with van der Waals surface area (Å²) >= 11 is 0. The summed E-state index contributed by atoms with van der Waals surface area (Å²) in [6, 6.07) is 12.1. The largest absolute Gasteiger partial charge is 0.481 e. The molecule has 1 aliphatic rings. The Morgan fingerprint density at radius 2 is 1.83 bits per heavy atom. The van der Waals surface area contributed by atoms with Crippen LogP contribution in [0.3, 0.4) is 0 Å². The van der Waals surface area contributed by atoms with Crippen molar-refractivity contribution in [3.8, 4) is 0 Å². The summed E-state index contributed by atoms with van der Waals surface area (Å²) in [4.78, 5) is 13.5. The van der Waals surface area contributed by atoms with E-state index >= 15 is 0 Å². The highest BCUT2D eigenvalue weighted by Gasteiger charge is 2.37. The van der Waals surface area contributed by atoms with E-state index in [2.05, 4.69) is 10.2 Å². The van der Waals surface area contributed by atoms with Crippen LogP contribution in [0.5, 0.6) is 0 Å². The van der Waals surface area contributed by atoms with Gasteiger partial charge in [0.05, 0.1) is 29.4 Å². The number of carboxylic acids is 1. The van der Waals surface area contributed by atoms with Crippen LogP contribution in [0.2, 0.25) is 0 Å². The number of nitrogens with zero attached hydrogens (tertiary/aromatic N) is 1. The minimum atomic E-state index is -0.856. The lowest BCUT2D eigenvalue weighted by Crippen LogP contribution is -2.46. The molecule has 3 N–H and O–H groups in total. The van der Waals surface area contributed by atoms with E-state index in [-0.39, 0.29) is 18.3 Å². The first-order chi connectivity index (χ1) is 14.0. The van der Waals surface area contributed by atoms with Gasteiger partial charge in [-0.15, -0.1) is 0 Å². The Morgan fingerprint density at radius 3 is 2.43 bits per heavy atom. The van der Waals surface area contributed by atoms with E-state index in [1.165, 1.54) is 12.1 Å². The third-order valence-corrected chi connectivity index (χ3v) is 5.87. The highest BCUT2D eigenvalue weighted by atomic mass is 19.1. The summed E-state index contributed by atoms with van der Waals surface area (Å²) in [5, 5.41) is 23.4. The zero-order chi connectivity index (χ0) is 22.1. The lowest BCUT2D eigenvalue weighted by molar-refractivity contribution is -0.138. The summed E-state index contributed by atoms with van der Waals surface area (Å²) in [5.74, 6) is -1.16. The second kappa shape index (κ2) is 8.26. The predicted octanol–water partition coefficient (Wildman–Crippen LogP) is 5.06. The van der Waals surface area contributed by atoms with Gasteiger partial charge in [0.2, 0.25) is 0 Å². The van der Waals surface area contributed by atoms with Crippen LogP contribution in [0.15, 0.2) is 42.5 Å². The minimum absolute atomic E-state index is 0.0122. The van der Waals surface area contributed by atoms with E-state index in [1.807, 2.05) is 45.9 Å². The van der Waals surface area contributed by atoms with Gasteiger partial charge < -0.3 is 20.4 Å². The number of aliphatic hydroxyl groups is 1. The van der Waals surface area contributed by atoms with Gasteiger partial charge in [-0.05, 0) is 68.7 Å². The first-order valence-electron chi connectivity index (χ1n) is 10.4. The van der Waals surface area contributed by atoms with Crippen LogP contribution in [0.25, 0.3) is 0 Å². The number of hydrogen-bond donors (Lipinski definition) is 3. The molecule has 0 spiro atoms. The van der Waals surface area contributed by atoms with Crippen LogP contribution in [-0.4, -0.2) is 34.4 Å². The molecule has 1 fully saturated rings. The Kier molecular flexibility index (Phi) is 6.09. The molecule has 0 bridgehead atoms. The molecule has 1 unspecified atom stereocenters. The SMILES string of the molecule is CC(C)(CC(=O)O)c1ccc(N2CCCC2C(C)(C)O)c(Nc2ccc(F)cc2)c1. The van der Waals surface area contributed by atoms with Gasteiger partial charge in [0.25, 0.3) is 0 Å². The molecule has 30 heavy (non-hydrogen) atoms. The van der Waals surface area contributed by atoms with Crippen molar-refractivity contribution in [3.63, 3.8) is 0 Å². The fourth-order valence-electron chi connectivity index (χ4n) is 4.27. The normalized spacial score (nSPS) is 17.3. The molecule has 3 rings (SSSR count). The number of halogens is 1. The molecule has 1 atom stereocenters. The highest BCUT2D eigenvalue weighted by Crippen LogP contribution is 2.40. The van der Waals surface area contributed by atoms with Crippen LogP contribution in [0.1, 0.15) is 52.5 Å². The number of benzene rings is 2. The molecule has 0 saturated carbocycles. The minimum Gasteiger partial charge on any atom is -0.481 e. The van der Waals surface area contributed by atoms with E-state index in [1.54, 1.807) is 12.1 Å². The molecule has 6 heteroatoms. The van der Waals surface area contributed by atoms with Crippen molar-refractivity contribution in [1.29, 1.82) is 0 Å². The Morgan fingerprint density at radius 1 is 1.17 bits per heavy atom. The monoisotopic (exact) mass is 414 g/mol. The third kappa shape index (κ3) is 4.93. The number of nitrogens with one attached hydrogen (secondary N) is 1. The number of aliphatic carboxylic acids is 1. The fourth-order valence-corrected chi connectivity index (χ4v) is 4.27. The number of anilines is 3. The van der Waals surface area contributed by atoms with Crippen molar-refractivity contribution < 1.29 is 19.4 Å². The molecule has 1 saturated heterocycles. The lowest BCUT2D eigenvalue weighted by atomic mass is 9.81. The molecular weight excluding hydrogens is 383 g/mol. The Balaban J connectivity index is 2.04. The average molecular weight is 415 g/mol. The van der Waals surface area contributed by atoms with Crippen molar-refractivity contribution in [2.75, 3.05) is 16.8 Å². The Hall–Kier alpha value is -2.60. The molecule has 1 aliphatic heterocycles. The molecule has 162 valence electrons. The van der Waals surface area contributed by atoms with Crippen molar-refractivity contribution in [3.05, 3.63) is 53.8 Å². The summed E-state index contributed by atoms with van der Waals surface area (Å²) < 4.78 is 13.4. The maximum absolute atomic E-state index is 13.4. The van der Waals surface area contributed by atoms with Gasteiger partial charge in [-0.2, -0.15) is 0 Å². The Labute approximate surface area is 177 Å². The topological polar surface area (TPSA) is 72.8 Å². The lowest BCUT2D eigenvalue weighted by Gasteiger charge is -2.37. The van der Waals surface area contributed by atoms with E-state index in [0.717, 1.165) is 42.0 Å². The van der Waals surface area contributed by atoms with Crippen LogP contribution in [0.4, 0.5) is 21.5 Å². The molecule has 5 nitrogen and oxygen atoms in total. The number of carbonyl (C=O) groups is 1. The number of carboxylic acid groups (broad SMARTS) is 1. The number of rotatable bonds is 7. The second-order valence-electron chi connectivity index (χ2n) is 9.32. The summed E-state index contributed by atoms with van der Waals surface area (Å²) in [5.41, 5.74) is 1.99. The number of hydrogen-bond acceptors (Lipinski definition) is 4. The molecule has 2 aromatic rings. The quantitative estimate of drug-likeness (QED) is 0.591. The zero-order valence-electron chi connectivity index (χ0n) is 18.1. The van der Waals surface area contributed by atoms with Crippen LogP contribution in [0, 0.1) is 5.82 Å². The van der Waals surface area contributed by atoms with Crippen molar-refractivity contribution in [2.45, 2.75) is 64.0 Å². The van der Waals surface area contributed by atoms with Gasteiger partial charge in [-0.25, -0.2) is 4.39 Å². The van der Waals surface area contributed by atoms with Gasteiger partial charge in [0.1, 0.15) is 5.82 Å². The maximum atomic E-state index is 13.4. The van der Waals surface area contributed by atoms with E-state index in [4.69, 9.17) is 0 Å². The predicted molar refractivity (Wildman–Crippen MR) is 118 cm³/mol. The summed E-state index contributed by atoms with van der Waals surface area (Å²) in [6.45, 7) is 8.30. The molecule has 0 radical (unpaired) electrons. The molecule has 0 aromatic heterocycles. The van der Waals surface area contributed by atoms with Gasteiger partial charge in [0, 0.05) is 17.6 Å². The molecule has 0 aliphatic carbocycles. The van der Waals surface area contributed by atoms with Gasteiger partial charge in [0.15, 0.2) is 0 Å². The third-order valence-electron chi connectivity index (χ3n) is 5.87. The Bertz CT molecular complexity index is 904. The van der Waals surface area contributed by atoms with E-state index in [0.29, 0.717) is 0 Å². The van der Waals surface area contributed by atoms with Gasteiger partial charge in [-0.3, -0.25) is 4.79 Å². The molecule has 0 amide bonds. The zero-order valence-corrected chi connectivity index (χ0v) is 18.1. The standard InChI is InChI=1S/C24H31FN2O3/c1-23(2,15-22(28)29)16-7-12-20(27-13-5-6-21(27)24(3,4)30)19(14-16)26-18-10-8-17(25)9-11-18/h7-12,14,21,26,30H,5-6,13,15H2,1-4H3,(H,28,29). The van der Waals surface area contributed by atoms with E-state index < -0.39 is 17.0 Å². The van der Waals surface area contributed by atoms with Crippen molar-refractivity contribution in [1.82, 2.24) is 0 Å². The highest BCUT2D eigenvalue weighted by molar-refractivity contribution is 5.78. The fraction of sp³-hybridized carbons (Fsp3) is 0.458. The van der Waals surface area contributed by atoms with Crippen LogP contribution in [-0.2, 0) is 10.2 Å². The van der Waals surface area contributed by atoms with Crippen LogP contribution >= 0.6 is 0 Å². The first kappa shape index (κ1) is 22.1. The van der Waals surface area contributed by atoms with Crippen LogP contribution < -0.4 is 10.2 Å². The average Bonchev–Trinajstić information content (AvgIpc) is 3.12. The first-order valence-corrected chi connectivity index (χ1v) is 10.4. The van der Waals surface area contributed by atoms with Crippen molar-refractivity contribution in [2.24, 2.45) is 0 Å². The maximum Gasteiger partial charge on any atom is 0.304 e.